The van der Waals surface area contributed by atoms with Crippen molar-refractivity contribution >= 4 is 8.32 Å². The number of hydrogen-bond donors (Lipinski definition) is 1. The fourth-order valence-corrected chi connectivity index (χ4v) is 2.85. The van der Waals surface area contributed by atoms with Gasteiger partial charge >= 0.3 is 0 Å². The first-order valence-electron chi connectivity index (χ1n) is 7.14. The van der Waals surface area contributed by atoms with Crippen LogP contribution < -0.4 is 0 Å². The molecule has 0 aliphatic heterocycles. The topological polar surface area (TPSA) is 29.5 Å². The van der Waals surface area contributed by atoms with Crippen molar-refractivity contribution < 1.29 is 9.53 Å². The van der Waals surface area contributed by atoms with E-state index in [1.165, 1.54) is 12.8 Å². The summed E-state index contributed by atoms with van der Waals surface area (Å²) in [5.41, 5.74) is 0. The lowest BCUT2D eigenvalue weighted by Crippen LogP contribution is -2.45. The van der Waals surface area contributed by atoms with Gasteiger partial charge in [-0.1, -0.05) is 52.7 Å². The smallest absolute Gasteiger partial charge is 0.192 e. The quantitative estimate of drug-likeness (QED) is 0.420. The summed E-state index contributed by atoms with van der Waals surface area (Å²) in [6, 6.07) is 0. The van der Waals surface area contributed by atoms with Gasteiger partial charge in [-0.05, 0) is 31.5 Å². The third-order valence-corrected chi connectivity index (χ3v) is 8.40. The minimum Gasteiger partial charge on any atom is -0.411 e. The Morgan fingerprint density at radius 1 is 1.28 bits per heavy atom. The van der Waals surface area contributed by atoms with Gasteiger partial charge in [0.2, 0.25) is 0 Å². The van der Waals surface area contributed by atoms with Crippen LogP contribution in [0.5, 0.6) is 0 Å². The van der Waals surface area contributed by atoms with E-state index >= 15 is 0 Å². The monoisotopic (exact) mass is 272 g/mol. The molecule has 0 aliphatic carbocycles. The van der Waals surface area contributed by atoms with E-state index in [-0.39, 0.29) is 11.1 Å². The summed E-state index contributed by atoms with van der Waals surface area (Å²) in [6.45, 7) is 15.2. The molecule has 3 heteroatoms. The Balaban J connectivity index is 4.31. The number of hydrogen-bond acceptors (Lipinski definition) is 2. The highest BCUT2D eigenvalue weighted by Crippen LogP contribution is 2.37. The minimum atomic E-state index is -1.78. The lowest BCUT2D eigenvalue weighted by atomic mass is 10.2. The first-order chi connectivity index (χ1) is 8.12. The van der Waals surface area contributed by atoms with Crippen molar-refractivity contribution in [2.75, 3.05) is 0 Å². The number of aliphatic hydroxyl groups excluding tert-OH is 1. The van der Waals surface area contributed by atoms with Gasteiger partial charge in [-0.15, -0.1) is 0 Å². The zero-order valence-corrected chi connectivity index (χ0v) is 14.3. The van der Waals surface area contributed by atoms with E-state index in [1.807, 2.05) is 13.0 Å². The average molecular weight is 273 g/mol. The van der Waals surface area contributed by atoms with Crippen LogP contribution in [0, 0.1) is 0 Å². The lowest BCUT2D eigenvalue weighted by molar-refractivity contribution is 0.0691. The molecule has 2 atom stereocenters. The standard InChI is InChI=1S/C15H32O2Si/c1-8-9-10-11-12-14(16)13(2)17-18(6,7)15(3,4)5/h11-14,16H,8-10H2,1-7H3/b12-11+/t13-,14-/m0/s1. The highest BCUT2D eigenvalue weighted by Gasteiger charge is 2.39. The van der Waals surface area contributed by atoms with Crippen molar-refractivity contribution in [2.24, 2.45) is 0 Å². The van der Waals surface area contributed by atoms with Crippen LogP contribution in [0.3, 0.4) is 0 Å². The second-order valence-corrected chi connectivity index (χ2v) is 11.4. The van der Waals surface area contributed by atoms with Gasteiger partial charge in [-0.25, -0.2) is 0 Å². The fraction of sp³-hybridized carbons (Fsp3) is 0.867. The summed E-state index contributed by atoms with van der Waals surface area (Å²) in [4.78, 5) is 0. The molecule has 0 amide bonds. The summed E-state index contributed by atoms with van der Waals surface area (Å²) in [7, 11) is -1.78. The maximum absolute atomic E-state index is 10.1. The summed E-state index contributed by atoms with van der Waals surface area (Å²) >= 11 is 0. The molecule has 0 heterocycles. The number of rotatable bonds is 7. The Hall–Kier alpha value is -0.123. The molecule has 2 nitrogen and oxygen atoms in total. The highest BCUT2D eigenvalue weighted by molar-refractivity contribution is 6.74. The van der Waals surface area contributed by atoms with Crippen molar-refractivity contribution in [3.05, 3.63) is 12.2 Å². The first-order valence-corrected chi connectivity index (χ1v) is 10.0. The maximum Gasteiger partial charge on any atom is 0.192 e. The second-order valence-electron chi connectivity index (χ2n) is 6.64. The van der Waals surface area contributed by atoms with Gasteiger partial charge in [0.15, 0.2) is 8.32 Å². The molecule has 0 bridgehead atoms. The summed E-state index contributed by atoms with van der Waals surface area (Å²) < 4.78 is 6.16. The minimum absolute atomic E-state index is 0.122. The Labute approximate surface area is 115 Å². The average Bonchev–Trinajstić information content (AvgIpc) is 2.21. The number of allylic oxidation sites excluding steroid dienone is 1. The molecule has 0 fully saturated rings. The molecule has 0 aromatic heterocycles. The van der Waals surface area contributed by atoms with Crippen molar-refractivity contribution in [1.82, 2.24) is 0 Å². The van der Waals surface area contributed by atoms with Crippen molar-refractivity contribution in [2.45, 2.75) is 84.2 Å². The second kappa shape index (κ2) is 7.46. The summed E-state index contributed by atoms with van der Waals surface area (Å²) in [6.07, 6.45) is 6.75. The first kappa shape index (κ1) is 17.9. The van der Waals surface area contributed by atoms with E-state index in [2.05, 4.69) is 46.9 Å². The van der Waals surface area contributed by atoms with Crippen LogP contribution in [0.15, 0.2) is 12.2 Å². The Kier molecular flexibility index (Phi) is 7.41. The summed E-state index contributed by atoms with van der Waals surface area (Å²) in [5, 5.41) is 10.2. The van der Waals surface area contributed by atoms with Gasteiger partial charge in [-0.3, -0.25) is 0 Å². The van der Waals surface area contributed by atoms with Crippen LogP contribution in [-0.4, -0.2) is 25.6 Å². The third-order valence-electron chi connectivity index (χ3n) is 3.83. The van der Waals surface area contributed by atoms with Crippen molar-refractivity contribution in [3.63, 3.8) is 0 Å². The van der Waals surface area contributed by atoms with Gasteiger partial charge in [0.1, 0.15) is 0 Å². The predicted molar refractivity (Wildman–Crippen MR) is 82.4 cm³/mol. The molecule has 18 heavy (non-hydrogen) atoms. The number of aliphatic hydroxyl groups is 1. The Bertz CT molecular complexity index is 254. The van der Waals surface area contributed by atoms with Crippen molar-refractivity contribution in [1.29, 1.82) is 0 Å². The molecular weight excluding hydrogens is 240 g/mol. The van der Waals surface area contributed by atoms with E-state index < -0.39 is 14.4 Å². The van der Waals surface area contributed by atoms with Gasteiger partial charge in [0.25, 0.3) is 0 Å². The lowest BCUT2D eigenvalue weighted by Gasteiger charge is -2.39. The van der Waals surface area contributed by atoms with E-state index in [1.54, 1.807) is 0 Å². The molecule has 0 aliphatic rings. The summed E-state index contributed by atoms with van der Waals surface area (Å²) in [5.74, 6) is 0. The molecule has 0 unspecified atom stereocenters. The zero-order valence-electron chi connectivity index (χ0n) is 13.3. The SMILES string of the molecule is CCCC/C=C/[C@H](O)[C@H](C)O[Si](C)(C)C(C)(C)C. The fourth-order valence-electron chi connectivity index (χ4n) is 1.43. The molecule has 0 saturated heterocycles. The molecule has 0 aromatic carbocycles. The van der Waals surface area contributed by atoms with Gasteiger partial charge in [0, 0.05) is 0 Å². The predicted octanol–water partition coefficient (Wildman–Crippen LogP) is 4.50. The molecular formula is C15H32O2Si. The molecule has 1 N–H and O–H groups in total. The Morgan fingerprint density at radius 2 is 1.83 bits per heavy atom. The van der Waals surface area contributed by atoms with Gasteiger partial charge < -0.3 is 9.53 Å². The molecule has 0 rings (SSSR count). The van der Waals surface area contributed by atoms with Crippen LogP contribution in [-0.2, 0) is 4.43 Å². The Morgan fingerprint density at radius 3 is 2.28 bits per heavy atom. The zero-order chi connectivity index (χ0) is 14.4. The van der Waals surface area contributed by atoms with E-state index in [9.17, 15) is 5.11 Å². The van der Waals surface area contributed by atoms with Gasteiger partial charge in [-0.2, -0.15) is 0 Å². The van der Waals surface area contributed by atoms with Crippen LogP contribution in [0.4, 0.5) is 0 Å². The molecule has 0 saturated carbocycles. The molecule has 108 valence electrons. The third kappa shape index (κ3) is 6.16. The van der Waals surface area contributed by atoms with E-state index in [0.717, 1.165) is 6.42 Å². The van der Waals surface area contributed by atoms with Crippen LogP contribution in [0.1, 0.15) is 53.9 Å². The maximum atomic E-state index is 10.1. The molecule has 0 aromatic rings. The van der Waals surface area contributed by atoms with Crippen molar-refractivity contribution in [3.8, 4) is 0 Å². The van der Waals surface area contributed by atoms with Gasteiger partial charge in [0.05, 0.1) is 12.2 Å². The van der Waals surface area contributed by atoms with Crippen LogP contribution >= 0.6 is 0 Å². The van der Waals surface area contributed by atoms with Crippen LogP contribution in [0.2, 0.25) is 18.1 Å². The normalized spacial score (nSPS) is 17.1. The molecule has 0 radical (unpaired) electrons. The van der Waals surface area contributed by atoms with E-state index in [4.69, 9.17) is 4.43 Å². The molecule has 0 spiro atoms. The van der Waals surface area contributed by atoms with E-state index in [0.29, 0.717) is 0 Å². The number of unbranched alkanes of at least 4 members (excludes halogenated alkanes) is 2. The highest BCUT2D eigenvalue weighted by atomic mass is 28.4. The van der Waals surface area contributed by atoms with Crippen LogP contribution in [0.25, 0.3) is 0 Å². The largest absolute Gasteiger partial charge is 0.411 e.